The highest BCUT2D eigenvalue weighted by molar-refractivity contribution is 6.03. The smallest absolute Gasteiger partial charge is 0.328 e. The van der Waals surface area contributed by atoms with Crippen molar-refractivity contribution >= 4 is 23.8 Å². The van der Waals surface area contributed by atoms with Crippen LogP contribution in [0.3, 0.4) is 0 Å². The zero-order valence-corrected chi connectivity index (χ0v) is 10.8. The van der Waals surface area contributed by atoms with Crippen LogP contribution in [0.5, 0.6) is 0 Å². The van der Waals surface area contributed by atoms with E-state index < -0.39 is 17.9 Å². The third-order valence-electron chi connectivity index (χ3n) is 2.13. The van der Waals surface area contributed by atoms with Gasteiger partial charge in [-0.05, 0) is 13.8 Å². The Labute approximate surface area is 110 Å². The van der Waals surface area contributed by atoms with E-state index >= 15 is 0 Å². The van der Waals surface area contributed by atoms with Gasteiger partial charge < -0.3 is 15.3 Å². The fourth-order valence-corrected chi connectivity index (χ4v) is 1.19. The van der Waals surface area contributed by atoms with Crippen molar-refractivity contribution in [2.45, 2.75) is 13.8 Å². The van der Waals surface area contributed by atoms with E-state index in [1.807, 2.05) is 19.2 Å². The summed E-state index contributed by atoms with van der Waals surface area (Å²) < 4.78 is 0. The van der Waals surface area contributed by atoms with Gasteiger partial charge in [-0.3, -0.25) is 14.9 Å². The molecule has 0 atom stereocenters. The molecular formula is C11H17N3O5. The molecule has 0 rings (SSSR count). The molecule has 0 aromatic carbocycles. The Morgan fingerprint density at radius 1 is 1.11 bits per heavy atom. The monoisotopic (exact) mass is 271 g/mol. The van der Waals surface area contributed by atoms with Gasteiger partial charge in [0.05, 0.1) is 6.54 Å². The van der Waals surface area contributed by atoms with Crippen molar-refractivity contribution in [2.24, 2.45) is 0 Å². The van der Waals surface area contributed by atoms with E-state index in [-0.39, 0.29) is 12.5 Å². The van der Waals surface area contributed by atoms with Crippen LogP contribution in [-0.2, 0) is 14.4 Å². The molecule has 0 unspecified atom stereocenters. The number of nitrogens with one attached hydrogen (secondary N) is 2. The van der Waals surface area contributed by atoms with Crippen LogP contribution in [0, 0.1) is 0 Å². The van der Waals surface area contributed by atoms with Gasteiger partial charge in [-0.2, -0.15) is 0 Å². The highest BCUT2D eigenvalue weighted by Crippen LogP contribution is 1.87. The van der Waals surface area contributed by atoms with Crippen LogP contribution in [0.2, 0.25) is 0 Å². The molecule has 0 saturated heterocycles. The number of carboxylic acid groups (broad SMARTS) is 1. The molecule has 0 aromatic heterocycles. The van der Waals surface area contributed by atoms with E-state index in [0.717, 1.165) is 0 Å². The first-order valence-electron chi connectivity index (χ1n) is 5.68. The molecule has 0 bridgehead atoms. The first-order valence-corrected chi connectivity index (χ1v) is 5.68. The molecule has 8 heteroatoms. The molecule has 0 aliphatic heterocycles. The van der Waals surface area contributed by atoms with Crippen molar-refractivity contribution in [1.82, 2.24) is 15.5 Å². The molecule has 0 aromatic rings. The predicted octanol–water partition coefficient (Wildman–Crippen LogP) is -0.679. The Kier molecular flexibility index (Phi) is 7.59. The summed E-state index contributed by atoms with van der Waals surface area (Å²) in [5.74, 6) is -2.45. The number of carbonyl (C=O) groups excluding carboxylic acids is 3. The number of urea groups is 1. The zero-order chi connectivity index (χ0) is 14.8. The largest absolute Gasteiger partial charge is 0.478 e. The minimum atomic E-state index is -1.30. The van der Waals surface area contributed by atoms with E-state index in [1.54, 1.807) is 0 Å². The Morgan fingerprint density at radius 3 is 2.16 bits per heavy atom. The lowest BCUT2D eigenvalue weighted by Gasteiger charge is -2.18. The average molecular weight is 271 g/mol. The minimum absolute atomic E-state index is 0.233. The van der Waals surface area contributed by atoms with Gasteiger partial charge in [-0.25, -0.2) is 9.59 Å². The molecule has 8 nitrogen and oxygen atoms in total. The van der Waals surface area contributed by atoms with E-state index in [4.69, 9.17) is 5.11 Å². The summed E-state index contributed by atoms with van der Waals surface area (Å²) >= 11 is 0. The van der Waals surface area contributed by atoms with Gasteiger partial charge in [0.15, 0.2) is 0 Å². The third-order valence-corrected chi connectivity index (χ3v) is 2.13. The van der Waals surface area contributed by atoms with E-state index in [0.29, 0.717) is 25.2 Å². The van der Waals surface area contributed by atoms with E-state index in [9.17, 15) is 19.2 Å². The maximum atomic E-state index is 11.5. The highest BCUT2D eigenvalue weighted by atomic mass is 16.4. The van der Waals surface area contributed by atoms with Crippen molar-refractivity contribution in [3.05, 3.63) is 12.2 Å². The number of likely N-dealkylation sites (N-methyl/N-ethyl adjacent to an activating group) is 1. The molecule has 106 valence electrons. The second-order valence-corrected chi connectivity index (χ2v) is 3.41. The van der Waals surface area contributed by atoms with Crippen LogP contribution >= 0.6 is 0 Å². The standard InChI is InChI=1S/C11H17N3O5/c1-3-14(4-2)9(16)7-12-11(19)13-8(15)5-6-10(17)18/h5-6H,3-4,7H2,1-2H3,(H,17,18)(H2,12,13,15,19)/b6-5+. The van der Waals surface area contributed by atoms with Crippen molar-refractivity contribution in [1.29, 1.82) is 0 Å². The van der Waals surface area contributed by atoms with Crippen LogP contribution in [0.25, 0.3) is 0 Å². The van der Waals surface area contributed by atoms with Crippen LogP contribution in [0.4, 0.5) is 4.79 Å². The number of aliphatic carboxylic acids is 1. The summed E-state index contributed by atoms with van der Waals surface area (Å²) in [6.07, 6.45) is 1.30. The van der Waals surface area contributed by atoms with Crippen LogP contribution < -0.4 is 10.6 Å². The Morgan fingerprint density at radius 2 is 1.68 bits per heavy atom. The SMILES string of the molecule is CCN(CC)C(=O)CNC(=O)NC(=O)/C=C/C(=O)O. The minimum Gasteiger partial charge on any atom is -0.478 e. The summed E-state index contributed by atoms with van der Waals surface area (Å²) in [6, 6.07) is -0.861. The third kappa shape index (κ3) is 7.53. The number of hydrogen-bond donors (Lipinski definition) is 3. The fraction of sp³-hybridized carbons (Fsp3) is 0.455. The molecule has 0 heterocycles. The second kappa shape index (κ2) is 8.67. The number of carbonyl (C=O) groups is 4. The molecule has 0 radical (unpaired) electrons. The molecule has 3 N–H and O–H groups in total. The maximum absolute atomic E-state index is 11.5. The summed E-state index contributed by atoms with van der Waals surface area (Å²) in [5.41, 5.74) is 0. The summed E-state index contributed by atoms with van der Waals surface area (Å²) in [5, 5.41) is 12.3. The average Bonchev–Trinajstić information content (AvgIpc) is 2.35. The number of amides is 4. The molecule has 0 saturated carbocycles. The molecule has 0 spiro atoms. The molecular weight excluding hydrogens is 254 g/mol. The number of nitrogens with zero attached hydrogens (tertiary/aromatic N) is 1. The molecule has 0 fully saturated rings. The molecule has 4 amide bonds. The van der Waals surface area contributed by atoms with Gasteiger partial charge in [0.2, 0.25) is 5.91 Å². The van der Waals surface area contributed by atoms with Crippen LogP contribution in [0.15, 0.2) is 12.2 Å². The van der Waals surface area contributed by atoms with Crippen LogP contribution in [0.1, 0.15) is 13.8 Å². The van der Waals surface area contributed by atoms with Crippen molar-refractivity contribution in [3.8, 4) is 0 Å². The molecule has 19 heavy (non-hydrogen) atoms. The lowest BCUT2D eigenvalue weighted by molar-refractivity contribution is -0.132. The summed E-state index contributed by atoms with van der Waals surface area (Å²) in [7, 11) is 0. The number of hydrogen-bond acceptors (Lipinski definition) is 4. The Bertz CT molecular complexity index is 388. The quantitative estimate of drug-likeness (QED) is 0.554. The van der Waals surface area contributed by atoms with Gasteiger partial charge in [0.25, 0.3) is 5.91 Å². The second-order valence-electron chi connectivity index (χ2n) is 3.41. The fourth-order valence-electron chi connectivity index (χ4n) is 1.19. The van der Waals surface area contributed by atoms with E-state index in [1.165, 1.54) is 4.90 Å². The predicted molar refractivity (Wildman–Crippen MR) is 66.2 cm³/mol. The van der Waals surface area contributed by atoms with Gasteiger partial charge in [0, 0.05) is 25.2 Å². The van der Waals surface area contributed by atoms with Crippen molar-refractivity contribution in [3.63, 3.8) is 0 Å². The highest BCUT2D eigenvalue weighted by Gasteiger charge is 2.11. The zero-order valence-electron chi connectivity index (χ0n) is 10.8. The lowest BCUT2D eigenvalue weighted by atomic mass is 10.4. The van der Waals surface area contributed by atoms with Crippen LogP contribution in [-0.4, -0.2) is 53.5 Å². The maximum Gasteiger partial charge on any atom is 0.328 e. The topological polar surface area (TPSA) is 116 Å². The Hall–Kier alpha value is -2.38. The number of carboxylic acids is 1. The number of imide groups is 1. The van der Waals surface area contributed by atoms with Gasteiger partial charge in [0.1, 0.15) is 0 Å². The van der Waals surface area contributed by atoms with Gasteiger partial charge in [-0.1, -0.05) is 0 Å². The van der Waals surface area contributed by atoms with Crippen molar-refractivity contribution < 1.29 is 24.3 Å². The van der Waals surface area contributed by atoms with Gasteiger partial charge in [-0.15, -0.1) is 0 Å². The first-order chi connectivity index (χ1) is 8.90. The van der Waals surface area contributed by atoms with Crippen molar-refractivity contribution in [2.75, 3.05) is 19.6 Å². The molecule has 0 aliphatic rings. The number of rotatable bonds is 6. The molecule has 0 aliphatic carbocycles. The van der Waals surface area contributed by atoms with Gasteiger partial charge >= 0.3 is 12.0 Å². The first kappa shape index (κ1) is 16.6. The van der Waals surface area contributed by atoms with E-state index in [2.05, 4.69) is 5.32 Å². The lowest BCUT2D eigenvalue weighted by Crippen LogP contribution is -2.45. The summed E-state index contributed by atoms with van der Waals surface area (Å²) in [6.45, 7) is 4.44. The Balaban J connectivity index is 4.09. The summed E-state index contributed by atoms with van der Waals surface area (Å²) in [4.78, 5) is 45.4. The normalized spacial score (nSPS) is 10.0.